The molecule has 0 bridgehead atoms. The predicted molar refractivity (Wildman–Crippen MR) is 98.8 cm³/mol. The first kappa shape index (κ1) is 17.3. The number of likely N-dealkylation sites (N-methyl/N-ethyl adjacent to an activating group) is 2. The lowest BCUT2D eigenvalue weighted by atomic mass is 9.95. The molecular weight excluding hydrogens is 356 g/mol. The summed E-state index contributed by atoms with van der Waals surface area (Å²) >= 11 is 2.46. The van der Waals surface area contributed by atoms with Gasteiger partial charge >= 0.3 is 0 Å². The van der Waals surface area contributed by atoms with E-state index in [0.29, 0.717) is 23.6 Å². The highest BCUT2D eigenvalue weighted by Crippen LogP contribution is 2.37. The van der Waals surface area contributed by atoms with Gasteiger partial charge in [0.1, 0.15) is 11.4 Å². The minimum Gasteiger partial charge on any atom is -0.415 e. The number of aromatic nitrogens is 4. The molecule has 9 heteroatoms. The Kier molecular flexibility index (Phi) is 5.25. The van der Waals surface area contributed by atoms with E-state index in [-0.39, 0.29) is 0 Å². The zero-order valence-electron chi connectivity index (χ0n) is 14.7. The van der Waals surface area contributed by atoms with Crippen molar-refractivity contribution in [2.24, 2.45) is 0 Å². The summed E-state index contributed by atoms with van der Waals surface area (Å²) in [5.41, 5.74) is 1.97. The molecule has 0 aromatic carbocycles. The number of hydrogen-bond donors (Lipinski definition) is 0. The van der Waals surface area contributed by atoms with Crippen LogP contribution < -0.4 is 4.74 Å². The van der Waals surface area contributed by atoms with Gasteiger partial charge in [-0.3, -0.25) is 0 Å². The second-order valence-corrected chi connectivity index (χ2v) is 8.27. The van der Waals surface area contributed by atoms with Crippen LogP contribution in [0, 0.1) is 0 Å². The summed E-state index contributed by atoms with van der Waals surface area (Å²) in [4.78, 5) is 4.70. The van der Waals surface area contributed by atoms with Gasteiger partial charge in [0, 0.05) is 24.9 Å². The highest BCUT2D eigenvalue weighted by molar-refractivity contribution is 6.99. The van der Waals surface area contributed by atoms with Crippen LogP contribution in [0.1, 0.15) is 48.9 Å². The standard InChI is InChI=1S/C16H24N6OS2/c1-21-7-3-5-11(9-21)13-15(19-24-17-13)23-16-14(18-25-20-16)12-6-4-8-22(2)10-12/h11-12H,3-10H2,1-2H3. The van der Waals surface area contributed by atoms with Crippen molar-refractivity contribution in [2.45, 2.75) is 37.5 Å². The van der Waals surface area contributed by atoms with Crippen molar-refractivity contribution < 1.29 is 4.74 Å². The molecule has 2 saturated heterocycles. The van der Waals surface area contributed by atoms with Crippen LogP contribution in [0.3, 0.4) is 0 Å². The Morgan fingerprint density at radius 2 is 1.28 bits per heavy atom. The summed E-state index contributed by atoms with van der Waals surface area (Å²) in [6.07, 6.45) is 4.66. The van der Waals surface area contributed by atoms with E-state index in [2.05, 4.69) is 41.4 Å². The van der Waals surface area contributed by atoms with Crippen molar-refractivity contribution in [3.05, 3.63) is 11.4 Å². The Hall–Kier alpha value is -1.16. The van der Waals surface area contributed by atoms with Crippen LogP contribution in [0.4, 0.5) is 0 Å². The zero-order valence-corrected chi connectivity index (χ0v) is 16.4. The molecule has 2 unspecified atom stereocenters. The van der Waals surface area contributed by atoms with Gasteiger partial charge in [-0.2, -0.15) is 8.75 Å². The molecule has 2 aliphatic heterocycles. The summed E-state index contributed by atoms with van der Waals surface area (Å²) in [6, 6.07) is 0. The van der Waals surface area contributed by atoms with E-state index < -0.39 is 0 Å². The second-order valence-electron chi connectivity index (χ2n) is 7.21. The summed E-state index contributed by atoms with van der Waals surface area (Å²) in [6.45, 7) is 4.33. The molecule has 2 fully saturated rings. The Morgan fingerprint density at radius 3 is 1.72 bits per heavy atom. The molecule has 0 saturated carbocycles. The van der Waals surface area contributed by atoms with Gasteiger partial charge in [-0.1, -0.05) is 0 Å². The lowest BCUT2D eigenvalue weighted by Gasteiger charge is -2.29. The number of piperidine rings is 2. The minimum atomic E-state index is 0.392. The van der Waals surface area contributed by atoms with E-state index in [1.807, 2.05) is 0 Å². The first-order valence-corrected chi connectivity index (χ1v) is 10.4. The molecule has 25 heavy (non-hydrogen) atoms. The van der Waals surface area contributed by atoms with Gasteiger partial charge in [0.15, 0.2) is 0 Å². The van der Waals surface area contributed by atoms with Crippen LogP contribution in [0.2, 0.25) is 0 Å². The normalized spacial score (nSPS) is 26.0. The summed E-state index contributed by atoms with van der Waals surface area (Å²) < 4.78 is 24.0. The lowest BCUT2D eigenvalue weighted by molar-refractivity contribution is 0.243. The quantitative estimate of drug-likeness (QED) is 0.808. The van der Waals surface area contributed by atoms with Crippen molar-refractivity contribution in [2.75, 3.05) is 40.3 Å². The summed E-state index contributed by atoms with van der Waals surface area (Å²) in [5.74, 6) is 2.04. The summed E-state index contributed by atoms with van der Waals surface area (Å²) in [7, 11) is 4.32. The fourth-order valence-corrected chi connectivity index (χ4v) is 5.01. The third kappa shape index (κ3) is 3.84. The van der Waals surface area contributed by atoms with Crippen LogP contribution in [0.5, 0.6) is 11.8 Å². The highest BCUT2D eigenvalue weighted by Gasteiger charge is 2.29. The minimum absolute atomic E-state index is 0.392. The van der Waals surface area contributed by atoms with Crippen molar-refractivity contribution in [1.82, 2.24) is 27.3 Å². The van der Waals surface area contributed by atoms with Crippen molar-refractivity contribution in [3.63, 3.8) is 0 Å². The monoisotopic (exact) mass is 380 g/mol. The molecule has 0 amide bonds. The molecule has 2 atom stereocenters. The Bertz CT molecular complexity index is 646. The molecule has 0 spiro atoms. The maximum absolute atomic E-state index is 6.13. The lowest BCUT2D eigenvalue weighted by Crippen LogP contribution is -2.31. The van der Waals surface area contributed by atoms with Gasteiger partial charge < -0.3 is 14.5 Å². The van der Waals surface area contributed by atoms with Crippen LogP contribution >= 0.6 is 23.5 Å². The van der Waals surface area contributed by atoms with Gasteiger partial charge in [-0.05, 0) is 52.9 Å². The van der Waals surface area contributed by atoms with Crippen LogP contribution in [-0.2, 0) is 0 Å². The van der Waals surface area contributed by atoms with Crippen molar-refractivity contribution >= 4 is 23.5 Å². The first-order chi connectivity index (χ1) is 12.2. The van der Waals surface area contributed by atoms with E-state index >= 15 is 0 Å². The second kappa shape index (κ2) is 7.61. The Balaban J connectivity index is 1.52. The molecule has 0 aliphatic carbocycles. The number of likely N-dealkylation sites (tertiary alicyclic amines) is 2. The molecule has 136 valence electrons. The number of hydrogen-bond acceptors (Lipinski definition) is 9. The molecule has 0 N–H and O–H groups in total. The van der Waals surface area contributed by atoms with Gasteiger partial charge in [-0.25, -0.2) is 0 Å². The third-order valence-electron chi connectivity index (χ3n) is 5.18. The topological polar surface area (TPSA) is 67.3 Å². The van der Waals surface area contributed by atoms with Crippen LogP contribution in [0.15, 0.2) is 0 Å². The zero-order chi connectivity index (χ0) is 17.2. The van der Waals surface area contributed by atoms with Gasteiger partial charge in [0.25, 0.3) is 11.8 Å². The predicted octanol–water partition coefficient (Wildman–Crippen LogP) is 2.80. The van der Waals surface area contributed by atoms with E-state index in [1.54, 1.807) is 0 Å². The molecule has 0 radical (unpaired) electrons. The molecule has 4 rings (SSSR count). The smallest absolute Gasteiger partial charge is 0.256 e. The molecule has 4 heterocycles. The Morgan fingerprint density at radius 1 is 0.800 bits per heavy atom. The maximum Gasteiger partial charge on any atom is 0.256 e. The van der Waals surface area contributed by atoms with Crippen molar-refractivity contribution in [3.8, 4) is 11.8 Å². The fourth-order valence-electron chi connectivity index (χ4n) is 3.89. The van der Waals surface area contributed by atoms with E-state index in [0.717, 1.165) is 50.4 Å². The van der Waals surface area contributed by atoms with Gasteiger partial charge in [-0.15, -0.1) is 8.75 Å². The molecule has 2 aliphatic rings. The van der Waals surface area contributed by atoms with Gasteiger partial charge in [0.2, 0.25) is 0 Å². The van der Waals surface area contributed by atoms with Crippen molar-refractivity contribution in [1.29, 1.82) is 0 Å². The molecule has 7 nitrogen and oxygen atoms in total. The van der Waals surface area contributed by atoms with E-state index in [1.165, 1.54) is 36.3 Å². The molecule has 2 aromatic rings. The largest absolute Gasteiger partial charge is 0.415 e. The SMILES string of the molecule is CN1CCCC(c2nsnc2Oc2nsnc2C2CCCN(C)C2)C1. The van der Waals surface area contributed by atoms with Crippen LogP contribution in [-0.4, -0.2) is 67.6 Å². The summed E-state index contributed by atoms with van der Waals surface area (Å²) in [5, 5.41) is 0. The van der Waals surface area contributed by atoms with Gasteiger partial charge in [0.05, 0.1) is 23.5 Å². The average molecular weight is 381 g/mol. The molecule has 2 aromatic heterocycles. The number of ether oxygens (including phenoxy) is 1. The van der Waals surface area contributed by atoms with E-state index in [9.17, 15) is 0 Å². The average Bonchev–Trinajstić information content (AvgIpc) is 3.25. The highest BCUT2D eigenvalue weighted by atomic mass is 32.1. The maximum atomic E-state index is 6.13. The third-order valence-corrected chi connectivity index (χ3v) is 6.23. The van der Waals surface area contributed by atoms with Crippen LogP contribution in [0.25, 0.3) is 0 Å². The first-order valence-electron chi connectivity index (χ1n) is 8.90. The Labute approximate surface area is 156 Å². The molecular formula is C16H24N6OS2. The number of nitrogens with zero attached hydrogens (tertiary/aromatic N) is 6. The fraction of sp³-hybridized carbons (Fsp3) is 0.750. The number of rotatable bonds is 4. The van der Waals surface area contributed by atoms with E-state index in [4.69, 9.17) is 4.74 Å².